The molecular weight excluding hydrogens is 386 g/mol. The van der Waals surface area contributed by atoms with Gasteiger partial charge in [-0.3, -0.25) is 0 Å². The molecule has 0 atom stereocenters. The molecular formula is C22H23N3O3S. The van der Waals surface area contributed by atoms with Crippen LogP contribution in [0.25, 0.3) is 11.1 Å². The van der Waals surface area contributed by atoms with Crippen LogP contribution in [0.2, 0.25) is 0 Å². The van der Waals surface area contributed by atoms with E-state index in [2.05, 4.69) is 14.6 Å². The van der Waals surface area contributed by atoms with Gasteiger partial charge in [0.05, 0.1) is 18.1 Å². The lowest BCUT2D eigenvalue weighted by Gasteiger charge is -2.29. The highest BCUT2D eigenvalue weighted by Crippen LogP contribution is 2.27. The fourth-order valence-corrected chi connectivity index (χ4v) is 4.67. The fraction of sp³-hybridized carbons (Fsp3) is 0.227. The van der Waals surface area contributed by atoms with Crippen LogP contribution in [0.1, 0.15) is 5.56 Å². The first-order chi connectivity index (χ1) is 14.1. The van der Waals surface area contributed by atoms with Gasteiger partial charge in [-0.2, -0.15) is 0 Å². The Bertz CT molecular complexity index is 1070. The van der Waals surface area contributed by atoms with E-state index in [1.165, 1.54) is 0 Å². The molecule has 1 aliphatic rings. The summed E-state index contributed by atoms with van der Waals surface area (Å²) in [5, 5.41) is 0. The van der Waals surface area contributed by atoms with Crippen LogP contribution >= 0.6 is 0 Å². The van der Waals surface area contributed by atoms with Crippen molar-refractivity contribution in [3.8, 4) is 11.1 Å². The Hall–Kier alpha value is -2.74. The number of benzene rings is 2. The summed E-state index contributed by atoms with van der Waals surface area (Å²) < 4.78 is 34.4. The van der Waals surface area contributed by atoms with Gasteiger partial charge in [0, 0.05) is 37.0 Å². The highest BCUT2D eigenvalue weighted by Gasteiger charge is 2.21. The topological polar surface area (TPSA) is 71.5 Å². The molecule has 4 rings (SSSR count). The maximum Gasteiger partial charge on any atom is 0.241 e. The van der Waals surface area contributed by atoms with E-state index in [4.69, 9.17) is 4.74 Å². The van der Waals surface area contributed by atoms with Gasteiger partial charge in [-0.25, -0.2) is 18.1 Å². The van der Waals surface area contributed by atoms with Crippen molar-refractivity contribution in [3.63, 3.8) is 0 Å². The summed E-state index contributed by atoms with van der Waals surface area (Å²) in [5.41, 5.74) is 2.39. The number of nitrogens with zero attached hydrogens (tertiary/aromatic N) is 2. The van der Waals surface area contributed by atoms with Crippen molar-refractivity contribution in [3.05, 3.63) is 78.5 Å². The van der Waals surface area contributed by atoms with E-state index in [1.807, 2.05) is 54.6 Å². The first kappa shape index (κ1) is 19.6. The van der Waals surface area contributed by atoms with Crippen LogP contribution in [-0.2, 0) is 21.3 Å². The van der Waals surface area contributed by atoms with E-state index in [1.54, 1.807) is 18.3 Å². The van der Waals surface area contributed by atoms with Crippen LogP contribution in [0, 0.1) is 0 Å². The summed E-state index contributed by atoms with van der Waals surface area (Å²) >= 11 is 0. The third-order valence-corrected chi connectivity index (χ3v) is 6.35. The summed E-state index contributed by atoms with van der Waals surface area (Å²) in [6.45, 7) is 2.95. The number of anilines is 1. The van der Waals surface area contributed by atoms with E-state index < -0.39 is 10.0 Å². The van der Waals surface area contributed by atoms with Crippen LogP contribution in [0.3, 0.4) is 0 Å². The summed E-state index contributed by atoms with van der Waals surface area (Å²) in [7, 11) is -3.71. The van der Waals surface area contributed by atoms with E-state index in [9.17, 15) is 8.42 Å². The molecule has 1 fully saturated rings. The highest BCUT2D eigenvalue weighted by atomic mass is 32.2. The third kappa shape index (κ3) is 4.48. The SMILES string of the molecule is O=S(=O)(NCc1cccnc1N1CCOCC1)c1ccccc1-c1ccccc1. The van der Waals surface area contributed by atoms with Crippen molar-refractivity contribution >= 4 is 15.8 Å². The molecule has 0 radical (unpaired) electrons. The molecule has 1 aliphatic heterocycles. The molecule has 7 heteroatoms. The monoisotopic (exact) mass is 409 g/mol. The predicted molar refractivity (Wildman–Crippen MR) is 113 cm³/mol. The molecule has 1 saturated heterocycles. The Morgan fingerprint density at radius 2 is 1.66 bits per heavy atom. The Labute approximate surface area is 171 Å². The molecule has 3 aromatic rings. The molecule has 0 amide bonds. The predicted octanol–water partition coefficient (Wildman–Crippen LogP) is 3.06. The summed E-state index contributed by atoms with van der Waals surface area (Å²) in [4.78, 5) is 6.87. The highest BCUT2D eigenvalue weighted by molar-refractivity contribution is 7.89. The van der Waals surface area contributed by atoms with Crippen LogP contribution in [0.15, 0.2) is 77.8 Å². The Kier molecular flexibility index (Phi) is 5.89. The third-order valence-electron chi connectivity index (χ3n) is 4.89. The van der Waals surface area contributed by atoms with Gasteiger partial charge in [-0.15, -0.1) is 0 Å². The van der Waals surface area contributed by atoms with Crippen LogP contribution in [0.4, 0.5) is 5.82 Å². The van der Waals surface area contributed by atoms with E-state index in [-0.39, 0.29) is 11.4 Å². The van der Waals surface area contributed by atoms with Crippen molar-refractivity contribution in [1.29, 1.82) is 0 Å². The van der Waals surface area contributed by atoms with Gasteiger partial charge in [0.15, 0.2) is 0 Å². The number of aromatic nitrogens is 1. The van der Waals surface area contributed by atoms with E-state index >= 15 is 0 Å². The summed E-state index contributed by atoms with van der Waals surface area (Å²) in [6, 6.07) is 20.3. The van der Waals surface area contributed by atoms with Gasteiger partial charge in [-0.05, 0) is 17.7 Å². The zero-order valence-corrected chi connectivity index (χ0v) is 16.8. The van der Waals surface area contributed by atoms with Crippen molar-refractivity contribution < 1.29 is 13.2 Å². The van der Waals surface area contributed by atoms with Crippen molar-refractivity contribution in [2.24, 2.45) is 0 Å². The van der Waals surface area contributed by atoms with Gasteiger partial charge < -0.3 is 9.64 Å². The molecule has 0 spiro atoms. The number of hydrogen-bond acceptors (Lipinski definition) is 5. The molecule has 0 unspecified atom stereocenters. The van der Waals surface area contributed by atoms with Gasteiger partial charge in [-0.1, -0.05) is 54.6 Å². The minimum absolute atomic E-state index is 0.173. The average Bonchev–Trinajstić information content (AvgIpc) is 2.79. The van der Waals surface area contributed by atoms with Crippen molar-refractivity contribution in [1.82, 2.24) is 9.71 Å². The summed E-state index contributed by atoms with van der Waals surface area (Å²) in [6.07, 6.45) is 1.73. The first-order valence-electron chi connectivity index (χ1n) is 9.56. The molecule has 150 valence electrons. The maximum absolute atomic E-state index is 13.1. The second-order valence-electron chi connectivity index (χ2n) is 6.77. The molecule has 1 N–H and O–H groups in total. The number of morpholine rings is 1. The lowest BCUT2D eigenvalue weighted by molar-refractivity contribution is 0.122. The molecule has 29 heavy (non-hydrogen) atoms. The number of pyridine rings is 1. The Morgan fingerprint density at radius 3 is 2.45 bits per heavy atom. The minimum atomic E-state index is -3.71. The number of hydrogen-bond donors (Lipinski definition) is 1. The molecule has 2 aromatic carbocycles. The average molecular weight is 410 g/mol. The number of sulfonamides is 1. The molecule has 1 aromatic heterocycles. The van der Waals surface area contributed by atoms with Gasteiger partial charge >= 0.3 is 0 Å². The smallest absolute Gasteiger partial charge is 0.241 e. The number of rotatable bonds is 6. The standard InChI is InChI=1S/C22H23N3O3S/c26-29(27,21-11-5-4-10-20(21)18-7-2-1-3-8-18)24-17-19-9-6-12-23-22(19)25-13-15-28-16-14-25/h1-12,24H,13-17H2. The second-order valence-corrected chi connectivity index (χ2v) is 8.51. The largest absolute Gasteiger partial charge is 0.378 e. The quantitative estimate of drug-likeness (QED) is 0.678. The van der Waals surface area contributed by atoms with E-state index in [0.29, 0.717) is 18.8 Å². The Morgan fingerprint density at radius 1 is 0.931 bits per heavy atom. The lowest BCUT2D eigenvalue weighted by atomic mass is 10.1. The zero-order chi connectivity index (χ0) is 20.1. The fourth-order valence-electron chi connectivity index (χ4n) is 3.44. The van der Waals surface area contributed by atoms with Crippen LogP contribution in [-0.4, -0.2) is 39.7 Å². The van der Waals surface area contributed by atoms with Gasteiger partial charge in [0.2, 0.25) is 10.0 Å². The minimum Gasteiger partial charge on any atom is -0.378 e. The molecule has 6 nitrogen and oxygen atoms in total. The maximum atomic E-state index is 13.1. The number of ether oxygens (including phenoxy) is 1. The summed E-state index contributed by atoms with van der Waals surface area (Å²) in [5.74, 6) is 0.801. The Balaban J connectivity index is 1.59. The lowest BCUT2D eigenvalue weighted by Crippen LogP contribution is -2.37. The zero-order valence-electron chi connectivity index (χ0n) is 16.0. The molecule has 0 aliphatic carbocycles. The van der Waals surface area contributed by atoms with Crippen LogP contribution in [0.5, 0.6) is 0 Å². The van der Waals surface area contributed by atoms with Crippen LogP contribution < -0.4 is 9.62 Å². The normalized spacial score (nSPS) is 14.7. The molecule has 0 bridgehead atoms. The van der Waals surface area contributed by atoms with Crippen molar-refractivity contribution in [2.75, 3.05) is 31.2 Å². The first-order valence-corrected chi connectivity index (χ1v) is 11.0. The molecule has 2 heterocycles. The second kappa shape index (κ2) is 8.73. The van der Waals surface area contributed by atoms with Gasteiger partial charge in [0.25, 0.3) is 0 Å². The number of nitrogens with one attached hydrogen (secondary N) is 1. The van der Waals surface area contributed by atoms with Gasteiger partial charge in [0.1, 0.15) is 5.82 Å². The van der Waals surface area contributed by atoms with E-state index in [0.717, 1.165) is 30.0 Å². The van der Waals surface area contributed by atoms with Crippen molar-refractivity contribution in [2.45, 2.75) is 11.4 Å². The molecule has 0 saturated carbocycles.